The molecule has 1 aromatic carbocycles. The Balaban J connectivity index is 3.08. The van der Waals surface area contributed by atoms with Crippen molar-refractivity contribution in [1.29, 1.82) is 5.26 Å². The SMILES string of the molecule is N#CCC(O)C(O)c1cc(Cl)cc(F)c1O. The minimum atomic E-state index is -1.56. The number of rotatable bonds is 3. The summed E-state index contributed by atoms with van der Waals surface area (Å²) in [5.41, 5.74) is -0.243. The molecular weight excluding hydrogens is 237 g/mol. The van der Waals surface area contributed by atoms with Crippen LogP contribution in [0.3, 0.4) is 0 Å². The van der Waals surface area contributed by atoms with E-state index in [0.29, 0.717) is 0 Å². The number of phenolic OH excluding ortho intramolecular Hbond substituents is 1. The highest BCUT2D eigenvalue weighted by molar-refractivity contribution is 6.30. The maximum Gasteiger partial charge on any atom is 0.166 e. The van der Waals surface area contributed by atoms with Crippen LogP contribution in [0, 0.1) is 17.1 Å². The number of halogens is 2. The van der Waals surface area contributed by atoms with Gasteiger partial charge in [0.05, 0.1) is 18.6 Å². The highest BCUT2D eigenvalue weighted by Gasteiger charge is 2.23. The third-order valence-corrected chi connectivity index (χ3v) is 2.26. The van der Waals surface area contributed by atoms with Gasteiger partial charge in [0.2, 0.25) is 0 Å². The Morgan fingerprint density at radius 2 is 2.06 bits per heavy atom. The summed E-state index contributed by atoms with van der Waals surface area (Å²) < 4.78 is 13.1. The Morgan fingerprint density at radius 1 is 1.44 bits per heavy atom. The lowest BCUT2D eigenvalue weighted by Gasteiger charge is -2.17. The van der Waals surface area contributed by atoms with Gasteiger partial charge in [0, 0.05) is 10.6 Å². The van der Waals surface area contributed by atoms with Crippen LogP contribution in [0.5, 0.6) is 5.75 Å². The largest absolute Gasteiger partial charge is 0.505 e. The van der Waals surface area contributed by atoms with Gasteiger partial charge in [-0.2, -0.15) is 5.26 Å². The number of nitrogens with zero attached hydrogens (tertiary/aromatic N) is 1. The van der Waals surface area contributed by atoms with E-state index in [1.54, 1.807) is 6.07 Å². The van der Waals surface area contributed by atoms with Crippen molar-refractivity contribution in [2.75, 3.05) is 0 Å². The molecule has 0 saturated carbocycles. The molecule has 0 heterocycles. The highest BCUT2D eigenvalue weighted by atomic mass is 35.5. The molecule has 4 nitrogen and oxygen atoms in total. The fraction of sp³-hybridized carbons (Fsp3) is 0.300. The molecule has 1 rings (SSSR count). The number of aliphatic hydroxyl groups is 2. The number of aliphatic hydroxyl groups excluding tert-OH is 2. The molecule has 0 aliphatic rings. The van der Waals surface area contributed by atoms with Crippen molar-refractivity contribution in [3.05, 3.63) is 28.5 Å². The molecule has 0 aliphatic heterocycles. The van der Waals surface area contributed by atoms with Crippen molar-refractivity contribution in [2.24, 2.45) is 0 Å². The quantitative estimate of drug-likeness (QED) is 0.753. The first-order chi connectivity index (χ1) is 7.47. The lowest BCUT2D eigenvalue weighted by Crippen LogP contribution is -2.17. The fourth-order valence-corrected chi connectivity index (χ4v) is 1.44. The Labute approximate surface area is 96.1 Å². The van der Waals surface area contributed by atoms with E-state index in [1.807, 2.05) is 0 Å². The molecule has 0 amide bonds. The average Bonchev–Trinajstić information content (AvgIpc) is 2.22. The van der Waals surface area contributed by atoms with E-state index in [0.717, 1.165) is 12.1 Å². The molecule has 1 aromatic rings. The van der Waals surface area contributed by atoms with Gasteiger partial charge in [-0.3, -0.25) is 0 Å². The van der Waals surface area contributed by atoms with Gasteiger partial charge in [0.25, 0.3) is 0 Å². The molecule has 2 unspecified atom stereocenters. The molecule has 0 bridgehead atoms. The van der Waals surface area contributed by atoms with Crippen LogP contribution < -0.4 is 0 Å². The zero-order valence-electron chi connectivity index (χ0n) is 8.06. The van der Waals surface area contributed by atoms with E-state index >= 15 is 0 Å². The van der Waals surface area contributed by atoms with Gasteiger partial charge in [0.15, 0.2) is 11.6 Å². The molecule has 0 aromatic heterocycles. The van der Waals surface area contributed by atoms with Gasteiger partial charge in [-0.05, 0) is 12.1 Å². The van der Waals surface area contributed by atoms with Crippen molar-refractivity contribution in [1.82, 2.24) is 0 Å². The van der Waals surface area contributed by atoms with Gasteiger partial charge in [-0.1, -0.05) is 11.6 Å². The monoisotopic (exact) mass is 245 g/mol. The maximum absolute atomic E-state index is 13.1. The van der Waals surface area contributed by atoms with Crippen LogP contribution in [-0.4, -0.2) is 21.4 Å². The van der Waals surface area contributed by atoms with Crippen LogP contribution in [0.4, 0.5) is 4.39 Å². The second-order valence-corrected chi connectivity index (χ2v) is 3.64. The second kappa shape index (κ2) is 5.12. The first-order valence-corrected chi connectivity index (χ1v) is 4.76. The summed E-state index contributed by atoms with van der Waals surface area (Å²) in [5.74, 6) is -1.78. The Hall–Kier alpha value is -1.35. The zero-order chi connectivity index (χ0) is 12.3. The van der Waals surface area contributed by atoms with Crippen LogP contribution in [0.15, 0.2) is 12.1 Å². The summed E-state index contributed by atoms with van der Waals surface area (Å²) in [7, 11) is 0. The molecule has 86 valence electrons. The minimum Gasteiger partial charge on any atom is -0.505 e. The minimum absolute atomic E-state index is 0.0199. The normalized spacial score (nSPS) is 14.2. The predicted octanol–water partition coefficient (Wildman–Crippen LogP) is 1.49. The molecular formula is C10H9ClFNO3. The fourth-order valence-electron chi connectivity index (χ4n) is 1.22. The Bertz CT molecular complexity index is 433. The van der Waals surface area contributed by atoms with Crippen LogP contribution >= 0.6 is 11.6 Å². The molecule has 0 spiro atoms. The molecule has 2 atom stereocenters. The third-order valence-electron chi connectivity index (χ3n) is 2.04. The Morgan fingerprint density at radius 3 is 2.62 bits per heavy atom. The number of hydrogen-bond donors (Lipinski definition) is 3. The van der Waals surface area contributed by atoms with Crippen LogP contribution in [0.1, 0.15) is 18.1 Å². The average molecular weight is 246 g/mol. The van der Waals surface area contributed by atoms with E-state index in [9.17, 15) is 19.7 Å². The van der Waals surface area contributed by atoms with E-state index in [4.69, 9.17) is 16.9 Å². The number of aromatic hydroxyl groups is 1. The van der Waals surface area contributed by atoms with E-state index in [-0.39, 0.29) is 17.0 Å². The Kier molecular flexibility index (Phi) is 4.07. The molecule has 16 heavy (non-hydrogen) atoms. The van der Waals surface area contributed by atoms with Gasteiger partial charge in [-0.15, -0.1) is 0 Å². The van der Waals surface area contributed by atoms with Crippen LogP contribution in [-0.2, 0) is 0 Å². The van der Waals surface area contributed by atoms with Gasteiger partial charge >= 0.3 is 0 Å². The zero-order valence-corrected chi connectivity index (χ0v) is 8.82. The van der Waals surface area contributed by atoms with Crippen molar-refractivity contribution in [2.45, 2.75) is 18.6 Å². The van der Waals surface area contributed by atoms with Crippen LogP contribution in [0.25, 0.3) is 0 Å². The summed E-state index contributed by atoms with van der Waals surface area (Å²) >= 11 is 5.54. The van der Waals surface area contributed by atoms with E-state index in [2.05, 4.69) is 0 Å². The van der Waals surface area contributed by atoms with Crippen molar-refractivity contribution >= 4 is 11.6 Å². The van der Waals surface area contributed by atoms with Crippen molar-refractivity contribution < 1.29 is 19.7 Å². The standard InChI is InChI=1S/C10H9ClFNO3/c11-5-3-6(9(15)7(12)4-5)10(16)8(14)1-2-13/h3-4,8,10,14-16H,1H2. The van der Waals surface area contributed by atoms with Gasteiger partial charge in [0.1, 0.15) is 6.10 Å². The first kappa shape index (κ1) is 12.7. The summed E-state index contributed by atoms with van der Waals surface area (Å²) in [5, 5.41) is 36.5. The second-order valence-electron chi connectivity index (χ2n) is 3.20. The molecule has 3 N–H and O–H groups in total. The van der Waals surface area contributed by atoms with E-state index < -0.39 is 23.8 Å². The molecule has 6 heteroatoms. The smallest absolute Gasteiger partial charge is 0.166 e. The van der Waals surface area contributed by atoms with Crippen molar-refractivity contribution in [3.8, 4) is 11.8 Å². The highest BCUT2D eigenvalue weighted by Crippen LogP contribution is 2.32. The summed E-state index contributed by atoms with van der Waals surface area (Å²) in [6.07, 6.45) is -3.31. The lowest BCUT2D eigenvalue weighted by atomic mass is 10.0. The number of nitriles is 1. The topological polar surface area (TPSA) is 84.5 Å². The third kappa shape index (κ3) is 2.61. The predicted molar refractivity (Wildman–Crippen MR) is 54.3 cm³/mol. The first-order valence-electron chi connectivity index (χ1n) is 4.38. The number of benzene rings is 1. The number of hydrogen-bond acceptors (Lipinski definition) is 4. The van der Waals surface area contributed by atoms with Gasteiger partial charge in [-0.25, -0.2) is 4.39 Å². The van der Waals surface area contributed by atoms with Crippen LogP contribution in [0.2, 0.25) is 5.02 Å². The summed E-state index contributed by atoms with van der Waals surface area (Å²) in [4.78, 5) is 0. The molecule has 0 aliphatic carbocycles. The van der Waals surface area contributed by atoms with Gasteiger partial charge < -0.3 is 15.3 Å². The summed E-state index contributed by atoms with van der Waals surface area (Å²) in [6, 6.07) is 3.66. The van der Waals surface area contributed by atoms with E-state index in [1.165, 1.54) is 0 Å². The number of phenols is 1. The summed E-state index contributed by atoms with van der Waals surface area (Å²) in [6.45, 7) is 0. The molecule has 0 saturated heterocycles. The maximum atomic E-state index is 13.1. The van der Waals surface area contributed by atoms with Crippen molar-refractivity contribution in [3.63, 3.8) is 0 Å². The molecule has 0 fully saturated rings. The lowest BCUT2D eigenvalue weighted by molar-refractivity contribution is 0.0200. The molecule has 0 radical (unpaired) electrons.